The molecule has 1 atom stereocenters. The molecule has 0 saturated heterocycles. The molecular weight excluding hydrogens is 925 g/mol. The van der Waals surface area contributed by atoms with Crippen LogP contribution in [-0.2, 0) is 28.6 Å². The quantitative estimate of drug-likeness (QED) is 0.0261. The normalized spacial score (nSPS) is 12.6. The smallest absolute Gasteiger partial charge is 0.306 e. The van der Waals surface area contributed by atoms with Gasteiger partial charge in [-0.3, -0.25) is 14.4 Å². The van der Waals surface area contributed by atoms with Crippen molar-refractivity contribution in [2.75, 3.05) is 13.2 Å². The van der Waals surface area contributed by atoms with Crippen molar-refractivity contribution >= 4 is 17.9 Å². The SMILES string of the molecule is CC/C=C\C/C=C\C/C=C\C/C=C\CCCCCCCCCCC(=O)OCC(COC(=O)CCCCCCC/C=C\C/C=C\CCCCC)OC(=O)CCCCCCCCCCC/C=C\CCCCCCCCCC. The van der Waals surface area contributed by atoms with Gasteiger partial charge in [-0.2, -0.15) is 0 Å². The largest absolute Gasteiger partial charge is 0.462 e. The molecule has 6 heteroatoms. The second-order valence-electron chi connectivity index (χ2n) is 21.3. The number of esters is 3. The second kappa shape index (κ2) is 63.1. The van der Waals surface area contributed by atoms with Crippen molar-refractivity contribution in [2.24, 2.45) is 0 Å². The van der Waals surface area contributed by atoms with Crippen molar-refractivity contribution in [3.8, 4) is 0 Å². The van der Waals surface area contributed by atoms with E-state index in [4.69, 9.17) is 14.2 Å². The summed E-state index contributed by atoms with van der Waals surface area (Å²) in [5.41, 5.74) is 0. The van der Waals surface area contributed by atoms with Crippen LogP contribution < -0.4 is 0 Å². The lowest BCUT2D eigenvalue weighted by Gasteiger charge is -2.18. The molecule has 0 aromatic heterocycles. The van der Waals surface area contributed by atoms with E-state index in [1.165, 1.54) is 167 Å². The van der Waals surface area contributed by atoms with Gasteiger partial charge in [-0.15, -0.1) is 0 Å². The summed E-state index contributed by atoms with van der Waals surface area (Å²) >= 11 is 0. The summed E-state index contributed by atoms with van der Waals surface area (Å²) in [5.74, 6) is -0.896. The maximum Gasteiger partial charge on any atom is 0.306 e. The lowest BCUT2D eigenvalue weighted by atomic mass is 10.1. The molecule has 0 radical (unpaired) electrons. The Balaban J connectivity index is 4.38. The molecule has 0 heterocycles. The number of carbonyl (C=O) groups is 3. The van der Waals surface area contributed by atoms with E-state index in [-0.39, 0.29) is 31.1 Å². The first-order valence-electron chi connectivity index (χ1n) is 32.1. The van der Waals surface area contributed by atoms with Crippen molar-refractivity contribution in [2.45, 2.75) is 322 Å². The van der Waals surface area contributed by atoms with E-state index in [0.29, 0.717) is 19.3 Å². The molecule has 432 valence electrons. The molecule has 0 N–H and O–H groups in total. The van der Waals surface area contributed by atoms with Crippen LogP contribution in [0.1, 0.15) is 316 Å². The summed E-state index contributed by atoms with van der Waals surface area (Å²) in [6.07, 6.45) is 83.0. The lowest BCUT2D eigenvalue weighted by molar-refractivity contribution is -0.167. The second-order valence-corrected chi connectivity index (χ2v) is 21.3. The number of unbranched alkanes of at least 4 members (excludes halogenated alkanes) is 33. The Hall–Kier alpha value is -3.41. The fourth-order valence-electron chi connectivity index (χ4n) is 9.05. The molecule has 0 bridgehead atoms. The van der Waals surface area contributed by atoms with Gasteiger partial charge in [-0.25, -0.2) is 0 Å². The number of allylic oxidation sites excluding steroid dienone is 14. The van der Waals surface area contributed by atoms with Gasteiger partial charge in [0.15, 0.2) is 6.10 Å². The van der Waals surface area contributed by atoms with Crippen molar-refractivity contribution in [1.82, 2.24) is 0 Å². The third-order valence-electron chi connectivity index (χ3n) is 13.9. The molecular formula is C69H120O6. The minimum atomic E-state index is -0.789. The zero-order valence-electron chi connectivity index (χ0n) is 49.6. The Morgan fingerprint density at radius 1 is 0.280 bits per heavy atom. The summed E-state index contributed by atoms with van der Waals surface area (Å²) in [5, 5.41) is 0. The number of rotatable bonds is 58. The first kappa shape index (κ1) is 71.6. The van der Waals surface area contributed by atoms with Crippen LogP contribution in [0, 0.1) is 0 Å². The van der Waals surface area contributed by atoms with E-state index < -0.39 is 6.10 Å². The Kier molecular flexibility index (Phi) is 60.3. The fourth-order valence-corrected chi connectivity index (χ4v) is 9.05. The molecule has 0 aromatic carbocycles. The first-order chi connectivity index (χ1) is 37.0. The topological polar surface area (TPSA) is 78.9 Å². The van der Waals surface area contributed by atoms with Crippen molar-refractivity contribution < 1.29 is 28.6 Å². The van der Waals surface area contributed by atoms with E-state index in [0.717, 1.165) is 109 Å². The van der Waals surface area contributed by atoms with E-state index >= 15 is 0 Å². The third kappa shape index (κ3) is 61.3. The highest BCUT2D eigenvalue weighted by Crippen LogP contribution is 2.16. The van der Waals surface area contributed by atoms with E-state index in [9.17, 15) is 14.4 Å². The molecule has 0 rings (SSSR count). The summed E-state index contributed by atoms with van der Waals surface area (Å²) in [4.78, 5) is 38.3. The molecule has 0 amide bonds. The Labute approximate surface area is 465 Å². The first-order valence-corrected chi connectivity index (χ1v) is 32.1. The fraction of sp³-hybridized carbons (Fsp3) is 0.754. The van der Waals surface area contributed by atoms with Gasteiger partial charge in [-0.1, -0.05) is 266 Å². The zero-order valence-corrected chi connectivity index (χ0v) is 49.6. The predicted molar refractivity (Wildman–Crippen MR) is 325 cm³/mol. The molecule has 0 aromatic rings. The highest BCUT2D eigenvalue weighted by Gasteiger charge is 2.19. The molecule has 1 unspecified atom stereocenters. The van der Waals surface area contributed by atoms with Gasteiger partial charge in [0.2, 0.25) is 0 Å². The minimum Gasteiger partial charge on any atom is -0.462 e. The third-order valence-corrected chi connectivity index (χ3v) is 13.9. The molecule has 75 heavy (non-hydrogen) atoms. The summed E-state index contributed by atoms with van der Waals surface area (Å²) in [6, 6.07) is 0. The zero-order chi connectivity index (χ0) is 54.3. The predicted octanol–water partition coefficient (Wildman–Crippen LogP) is 21.9. The number of carbonyl (C=O) groups excluding carboxylic acids is 3. The van der Waals surface area contributed by atoms with Gasteiger partial charge < -0.3 is 14.2 Å². The monoisotopic (exact) mass is 1040 g/mol. The molecule has 0 aliphatic heterocycles. The van der Waals surface area contributed by atoms with Gasteiger partial charge in [0.25, 0.3) is 0 Å². The highest BCUT2D eigenvalue weighted by atomic mass is 16.6. The summed E-state index contributed by atoms with van der Waals surface area (Å²) in [6.45, 7) is 6.51. The van der Waals surface area contributed by atoms with Gasteiger partial charge >= 0.3 is 17.9 Å². The van der Waals surface area contributed by atoms with E-state index in [2.05, 4.69) is 106 Å². The van der Waals surface area contributed by atoms with Crippen LogP contribution in [0.15, 0.2) is 85.1 Å². The Bertz CT molecular complexity index is 1430. The van der Waals surface area contributed by atoms with E-state index in [1.54, 1.807) is 0 Å². The van der Waals surface area contributed by atoms with Crippen molar-refractivity contribution in [1.29, 1.82) is 0 Å². The molecule has 0 spiro atoms. The van der Waals surface area contributed by atoms with Crippen LogP contribution in [0.4, 0.5) is 0 Å². The average Bonchev–Trinajstić information content (AvgIpc) is 3.41. The standard InChI is InChI=1S/C69H120O6/c1-4-7-10-13-16-19-22-25-28-30-32-34-36-38-41-44-47-50-53-56-59-62-68(71)74-65-66(64-73-67(70)61-58-55-52-49-46-43-40-27-24-21-18-15-12-9-6-3)75-69(72)63-60-57-54-51-48-45-42-39-37-35-33-31-29-26-23-20-17-14-11-8-5-2/h7,10,16,18-19,21,25,27-28,31-34,40,66H,4-6,8-9,11-15,17,20,22-24,26,29-30,35-39,41-65H2,1-3H3/b10-7-,19-16-,21-18-,28-25-,33-31-,34-32-,40-27-. The minimum absolute atomic E-state index is 0.0853. The van der Waals surface area contributed by atoms with Crippen LogP contribution in [0.25, 0.3) is 0 Å². The Morgan fingerprint density at radius 2 is 0.520 bits per heavy atom. The van der Waals surface area contributed by atoms with Crippen LogP contribution in [0.3, 0.4) is 0 Å². The molecule has 6 nitrogen and oxygen atoms in total. The Morgan fingerprint density at radius 3 is 0.853 bits per heavy atom. The van der Waals surface area contributed by atoms with E-state index in [1.807, 2.05) is 0 Å². The van der Waals surface area contributed by atoms with Crippen LogP contribution in [0.5, 0.6) is 0 Å². The van der Waals surface area contributed by atoms with Gasteiger partial charge in [0, 0.05) is 19.3 Å². The maximum atomic E-state index is 12.9. The average molecular weight is 1050 g/mol. The maximum absolute atomic E-state index is 12.9. The molecule has 0 aliphatic carbocycles. The van der Waals surface area contributed by atoms with Gasteiger partial charge in [0.05, 0.1) is 0 Å². The number of hydrogen-bond acceptors (Lipinski definition) is 6. The van der Waals surface area contributed by atoms with Crippen LogP contribution in [0.2, 0.25) is 0 Å². The highest BCUT2D eigenvalue weighted by molar-refractivity contribution is 5.71. The van der Waals surface area contributed by atoms with Crippen LogP contribution in [-0.4, -0.2) is 37.2 Å². The molecule has 0 fully saturated rings. The number of ether oxygens (including phenoxy) is 3. The molecule has 0 saturated carbocycles. The van der Waals surface area contributed by atoms with Gasteiger partial charge in [-0.05, 0) is 116 Å². The van der Waals surface area contributed by atoms with Gasteiger partial charge in [0.1, 0.15) is 13.2 Å². The summed E-state index contributed by atoms with van der Waals surface area (Å²) in [7, 11) is 0. The lowest BCUT2D eigenvalue weighted by Crippen LogP contribution is -2.30. The molecule has 0 aliphatic rings. The van der Waals surface area contributed by atoms with Crippen molar-refractivity contribution in [3.05, 3.63) is 85.1 Å². The summed E-state index contributed by atoms with van der Waals surface area (Å²) < 4.78 is 16.9. The van der Waals surface area contributed by atoms with Crippen LogP contribution >= 0.6 is 0 Å². The van der Waals surface area contributed by atoms with Crippen molar-refractivity contribution in [3.63, 3.8) is 0 Å². The number of hydrogen-bond donors (Lipinski definition) is 0.